The zero-order valence-corrected chi connectivity index (χ0v) is 14.8. The third-order valence-electron chi connectivity index (χ3n) is 4.40. The van der Waals surface area contributed by atoms with Gasteiger partial charge in [0, 0.05) is 24.8 Å². The fourth-order valence-electron chi connectivity index (χ4n) is 2.87. The largest absolute Gasteiger partial charge is 0.369 e. The Hall–Kier alpha value is -2.15. The Morgan fingerprint density at radius 1 is 1.40 bits per heavy atom. The van der Waals surface area contributed by atoms with Crippen LogP contribution in [-0.2, 0) is 9.59 Å². The van der Waals surface area contributed by atoms with Gasteiger partial charge in [0.05, 0.1) is 12.6 Å². The van der Waals surface area contributed by atoms with Crippen molar-refractivity contribution in [3.05, 3.63) is 30.1 Å². The van der Waals surface area contributed by atoms with Crippen molar-refractivity contribution in [3.63, 3.8) is 0 Å². The van der Waals surface area contributed by atoms with Crippen LogP contribution < -0.4 is 21.3 Å². The Morgan fingerprint density at radius 2 is 2.16 bits per heavy atom. The fraction of sp³-hybridized carbons (Fsp3) is 0.556. The lowest BCUT2D eigenvalue weighted by Crippen LogP contribution is -2.52. The first kappa shape index (κ1) is 19.2. The Labute approximate surface area is 147 Å². The van der Waals surface area contributed by atoms with E-state index in [9.17, 15) is 14.0 Å². The Bertz CT molecular complexity index is 608. The molecule has 1 fully saturated rings. The molecule has 0 bridgehead atoms. The minimum atomic E-state index is -0.619. The molecule has 0 radical (unpaired) electrons. The van der Waals surface area contributed by atoms with Crippen molar-refractivity contribution in [2.45, 2.75) is 38.8 Å². The molecule has 138 valence electrons. The lowest BCUT2D eigenvalue weighted by atomic mass is 10.0. The molecule has 4 N–H and O–H groups in total. The molecule has 25 heavy (non-hydrogen) atoms. The minimum Gasteiger partial charge on any atom is -0.369 e. The molecule has 7 heteroatoms. The molecule has 1 heterocycles. The normalized spacial score (nSPS) is 18.8. The van der Waals surface area contributed by atoms with E-state index in [4.69, 9.17) is 5.73 Å². The highest BCUT2D eigenvalue weighted by atomic mass is 19.1. The van der Waals surface area contributed by atoms with Gasteiger partial charge in [-0.05, 0) is 37.0 Å². The van der Waals surface area contributed by atoms with Gasteiger partial charge >= 0.3 is 0 Å². The lowest BCUT2D eigenvalue weighted by molar-refractivity contribution is -0.127. The molecule has 1 aliphatic rings. The molecule has 2 amide bonds. The van der Waals surface area contributed by atoms with Crippen LogP contribution in [-0.4, -0.2) is 43.5 Å². The van der Waals surface area contributed by atoms with Gasteiger partial charge in [0.2, 0.25) is 11.8 Å². The quantitative estimate of drug-likeness (QED) is 0.715. The van der Waals surface area contributed by atoms with Gasteiger partial charge in [-0.3, -0.25) is 9.59 Å². The predicted molar refractivity (Wildman–Crippen MR) is 95.6 cm³/mol. The monoisotopic (exact) mass is 350 g/mol. The summed E-state index contributed by atoms with van der Waals surface area (Å²) in [4.78, 5) is 25.9. The number of nitrogens with zero attached hydrogens (tertiary/aromatic N) is 1. The Balaban J connectivity index is 1.82. The maximum absolute atomic E-state index is 13.4. The molecule has 1 aromatic carbocycles. The van der Waals surface area contributed by atoms with Crippen LogP contribution in [0.4, 0.5) is 10.1 Å². The maximum Gasteiger partial charge on any atom is 0.239 e. The minimum absolute atomic E-state index is 0.0150. The van der Waals surface area contributed by atoms with Gasteiger partial charge in [0.15, 0.2) is 0 Å². The number of rotatable bonds is 6. The van der Waals surface area contributed by atoms with Gasteiger partial charge in [0.1, 0.15) is 5.82 Å². The van der Waals surface area contributed by atoms with Crippen molar-refractivity contribution in [1.82, 2.24) is 10.6 Å². The number of nitrogens with one attached hydrogen (secondary N) is 2. The summed E-state index contributed by atoms with van der Waals surface area (Å²) in [5.74, 6) is -0.820. The molecule has 6 nitrogen and oxygen atoms in total. The van der Waals surface area contributed by atoms with Gasteiger partial charge in [-0.25, -0.2) is 4.39 Å². The van der Waals surface area contributed by atoms with Crippen molar-refractivity contribution in [3.8, 4) is 0 Å². The van der Waals surface area contributed by atoms with Gasteiger partial charge in [-0.2, -0.15) is 0 Å². The predicted octanol–water partition coefficient (Wildman–Crippen LogP) is 1.01. The average Bonchev–Trinajstić information content (AvgIpc) is 2.59. The molecule has 2 atom stereocenters. The first-order valence-corrected chi connectivity index (χ1v) is 8.70. The molecule has 0 aromatic heterocycles. The van der Waals surface area contributed by atoms with E-state index in [2.05, 4.69) is 15.5 Å². The summed E-state index contributed by atoms with van der Waals surface area (Å²) in [6.45, 7) is 5.07. The SMILES string of the molecule is CC(C)[C@H](N)C(=O)NCC(=O)NC1CCCN(c2cccc(F)c2)C1. The van der Waals surface area contributed by atoms with Crippen molar-refractivity contribution < 1.29 is 14.0 Å². The van der Waals surface area contributed by atoms with Crippen molar-refractivity contribution in [1.29, 1.82) is 0 Å². The van der Waals surface area contributed by atoms with E-state index in [0.717, 1.165) is 25.1 Å². The Kier molecular flexibility index (Phi) is 6.75. The summed E-state index contributed by atoms with van der Waals surface area (Å²) in [5.41, 5.74) is 6.56. The van der Waals surface area contributed by atoms with Crippen LogP contribution in [0.2, 0.25) is 0 Å². The number of hydrogen-bond acceptors (Lipinski definition) is 4. The second-order valence-electron chi connectivity index (χ2n) is 6.82. The number of anilines is 1. The molecular weight excluding hydrogens is 323 g/mol. The summed E-state index contributed by atoms with van der Waals surface area (Å²) < 4.78 is 13.4. The smallest absolute Gasteiger partial charge is 0.239 e. The molecule has 1 aliphatic heterocycles. The van der Waals surface area contributed by atoms with Crippen LogP contribution in [0.5, 0.6) is 0 Å². The van der Waals surface area contributed by atoms with Crippen LogP contribution >= 0.6 is 0 Å². The summed E-state index contributed by atoms with van der Waals surface area (Å²) in [5, 5.41) is 5.49. The second-order valence-corrected chi connectivity index (χ2v) is 6.82. The van der Waals surface area contributed by atoms with Crippen LogP contribution in [0.25, 0.3) is 0 Å². The molecular formula is C18H27FN4O2. The van der Waals surface area contributed by atoms with Gasteiger partial charge in [-0.15, -0.1) is 0 Å². The van der Waals surface area contributed by atoms with E-state index in [1.165, 1.54) is 12.1 Å². The summed E-state index contributed by atoms with van der Waals surface area (Å²) >= 11 is 0. The number of hydrogen-bond donors (Lipinski definition) is 3. The van der Waals surface area contributed by atoms with Crippen LogP contribution in [0.1, 0.15) is 26.7 Å². The number of amides is 2. The molecule has 0 saturated carbocycles. The fourth-order valence-corrected chi connectivity index (χ4v) is 2.87. The lowest BCUT2D eigenvalue weighted by Gasteiger charge is -2.34. The number of carbonyl (C=O) groups excluding carboxylic acids is 2. The van der Waals surface area contributed by atoms with Gasteiger partial charge in [0.25, 0.3) is 0 Å². The second kappa shape index (κ2) is 8.80. The Morgan fingerprint density at radius 3 is 2.84 bits per heavy atom. The first-order valence-electron chi connectivity index (χ1n) is 8.70. The number of halogens is 1. The number of benzene rings is 1. The van der Waals surface area contributed by atoms with E-state index >= 15 is 0 Å². The molecule has 1 saturated heterocycles. The zero-order valence-electron chi connectivity index (χ0n) is 14.8. The standard InChI is InChI=1S/C18H27FN4O2/c1-12(2)17(20)18(25)21-10-16(24)22-14-6-4-8-23(11-14)15-7-3-5-13(19)9-15/h3,5,7,9,12,14,17H,4,6,8,10-11,20H2,1-2H3,(H,21,25)(H,22,24)/t14?,17-/m0/s1. The molecule has 2 rings (SSSR count). The third-order valence-corrected chi connectivity index (χ3v) is 4.40. The van der Waals surface area contributed by atoms with Crippen molar-refractivity contribution in [2.75, 3.05) is 24.5 Å². The summed E-state index contributed by atoms with van der Waals surface area (Å²) in [6.07, 6.45) is 1.77. The van der Waals surface area contributed by atoms with Crippen LogP contribution in [0, 0.1) is 11.7 Å². The van der Waals surface area contributed by atoms with Crippen molar-refractivity contribution >= 4 is 17.5 Å². The summed E-state index contributed by atoms with van der Waals surface area (Å²) in [6, 6.07) is 5.81. The number of piperidine rings is 1. The van der Waals surface area contributed by atoms with E-state index < -0.39 is 6.04 Å². The summed E-state index contributed by atoms with van der Waals surface area (Å²) in [7, 11) is 0. The highest BCUT2D eigenvalue weighted by molar-refractivity contribution is 5.87. The van der Waals surface area contributed by atoms with E-state index in [1.54, 1.807) is 6.07 Å². The molecule has 1 aromatic rings. The van der Waals surface area contributed by atoms with Crippen molar-refractivity contribution in [2.24, 2.45) is 11.7 Å². The zero-order chi connectivity index (χ0) is 18.4. The van der Waals surface area contributed by atoms with Gasteiger partial charge < -0.3 is 21.3 Å². The highest BCUT2D eigenvalue weighted by Crippen LogP contribution is 2.20. The van der Waals surface area contributed by atoms with E-state index in [0.29, 0.717) is 6.54 Å². The molecule has 0 spiro atoms. The average molecular weight is 350 g/mol. The topological polar surface area (TPSA) is 87.5 Å². The number of carbonyl (C=O) groups is 2. The first-order chi connectivity index (χ1) is 11.9. The van der Waals surface area contributed by atoms with E-state index in [1.807, 2.05) is 19.9 Å². The molecule has 0 aliphatic carbocycles. The highest BCUT2D eigenvalue weighted by Gasteiger charge is 2.23. The van der Waals surface area contributed by atoms with Crippen LogP contribution in [0.15, 0.2) is 24.3 Å². The maximum atomic E-state index is 13.4. The number of nitrogens with two attached hydrogens (primary N) is 1. The van der Waals surface area contributed by atoms with E-state index in [-0.39, 0.29) is 36.1 Å². The third kappa shape index (κ3) is 5.70. The van der Waals surface area contributed by atoms with Crippen LogP contribution in [0.3, 0.4) is 0 Å². The molecule has 1 unspecified atom stereocenters. The van der Waals surface area contributed by atoms with Gasteiger partial charge in [-0.1, -0.05) is 19.9 Å².